The zero-order valence-corrected chi connectivity index (χ0v) is 15.0. The third-order valence-corrected chi connectivity index (χ3v) is 5.62. The van der Waals surface area contributed by atoms with Gasteiger partial charge in [0.05, 0.1) is 5.56 Å². The molecule has 0 amide bonds. The number of carboxylic acids is 1. The molecule has 0 unspecified atom stereocenters. The molecule has 0 aliphatic heterocycles. The first-order valence-electron chi connectivity index (χ1n) is 8.29. The third-order valence-electron chi connectivity index (χ3n) is 4.44. The number of fused-ring (bicyclic) bond motifs is 1. The van der Waals surface area contributed by atoms with Gasteiger partial charge < -0.3 is 10.4 Å². The standard InChI is InChI=1S/C22H17NO2S/c1-23-19-9-8-16-12-18(7-6-17(16)13-19)21-11-10-20(26-21)14-2-4-15(5-3-14)22(24)25/h2-13,23H,1H3,(H,24,25). The molecule has 3 aromatic carbocycles. The molecule has 0 fully saturated rings. The van der Waals surface area contributed by atoms with Crippen LogP contribution in [0.3, 0.4) is 0 Å². The van der Waals surface area contributed by atoms with Crippen LogP contribution in [0.4, 0.5) is 5.69 Å². The number of rotatable bonds is 4. The van der Waals surface area contributed by atoms with E-state index in [0.29, 0.717) is 5.56 Å². The molecule has 0 atom stereocenters. The van der Waals surface area contributed by atoms with Gasteiger partial charge in [-0.15, -0.1) is 11.3 Å². The second kappa shape index (κ2) is 6.65. The van der Waals surface area contributed by atoms with Crippen molar-refractivity contribution in [3.63, 3.8) is 0 Å². The number of carboxylic acid groups (broad SMARTS) is 1. The number of nitrogens with one attached hydrogen (secondary N) is 1. The molecule has 0 aliphatic rings. The minimum atomic E-state index is -0.902. The van der Waals surface area contributed by atoms with Gasteiger partial charge in [0.2, 0.25) is 0 Å². The summed E-state index contributed by atoms with van der Waals surface area (Å²) in [4.78, 5) is 13.3. The molecular formula is C22H17NO2S. The van der Waals surface area contributed by atoms with Gasteiger partial charge in [-0.3, -0.25) is 0 Å². The lowest BCUT2D eigenvalue weighted by Gasteiger charge is -2.05. The molecule has 4 aromatic rings. The molecule has 0 bridgehead atoms. The van der Waals surface area contributed by atoms with Crippen molar-refractivity contribution in [2.45, 2.75) is 0 Å². The summed E-state index contributed by atoms with van der Waals surface area (Å²) in [6, 6.07) is 24.1. The van der Waals surface area contributed by atoms with Gasteiger partial charge in [-0.05, 0) is 64.4 Å². The summed E-state index contributed by atoms with van der Waals surface area (Å²) in [7, 11) is 1.92. The number of carbonyl (C=O) groups is 1. The minimum Gasteiger partial charge on any atom is -0.478 e. The summed E-state index contributed by atoms with van der Waals surface area (Å²) in [5.41, 5.74) is 3.63. The Morgan fingerprint density at radius 3 is 2.12 bits per heavy atom. The van der Waals surface area contributed by atoms with Gasteiger partial charge in [-0.1, -0.05) is 30.3 Å². The van der Waals surface area contributed by atoms with Crippen LogP contribution in [0.1, 0.15) is 10.4 Å². The van der Waals surface area contributed by atoms with E-state index in [0.717, 1.165) is 16.1 Å². The van der Waals surface area contributed by atoms with Crippen LogP contribution >= 0.6 is 11.3 Å². The predicted molar refractivity (Wildman–Crippen MR) is 109 cm³/mol. The molecule has 4 heteroatoms. The highest BCUT2D eigenvalue weighted by molar-refractivity contribution is 7.18. The van der Waals surface area contributed by atoms with Crippen LogP contribution in [0.15, 0.2) is 72.8 Å². The van der Waals surface area contributed by atoms with Crippen LogP contribution in [-0.2, 0) is 0 Å². The number of hydrogen-bond acceptors (Lipinski definition) is 3. The Morgan fingerprint density at radius 1 is 0.808 bits per heavy atom. The average molecular weight is 359 g/mol. The van der Waals surface area contributed by atoms with Crippen molar-refractivity contribution < 1.29 is 9.90 Å². The van der Waals surface area contributed by atoms with Crippen LogP contribution in [-0.4, -0.2) is 18.1 Å². The molecule has 26 heavy (non-hydrogen) atoms. The monoisotopic (exact) mass is 359 g/mol. The van der Waals surface area contributed by atoms with Gasteiger partial charge in [0, 0.05) is 22.5 Å². The van der Waals surface area contributed by atoms with E-state index in [9.17, 15) is 4.79 Å². The lowest BCUT2D eigenvalue weighted by molar-refractivity contribution is 0.0697. The summed E-state index contributed by atoms with van der Waals surface area (Å²) >= 11 is 1.71. The highest BCUT2D eigenvalue weighted by Gasteiger charge is 2.08. The van der Waals surface area contributed by atoms with Gasteiger partial charge in [0.15, 0.2) is 0 Å². The Kier molecular flexibility index (Phi) is 4.19. The minimum absolute atomic E-state index is 0.306. The summed E-state index contributed by atoms with van der Waals surface area (Å²) in [5.74, 6) is -0.902. The molecule has 3 nitrogen and oxygen atoms in total. The highest BCUT2D eigenvalue weighted by Crippen LogP contribution is 2.36. The summed E-state index contributed by atoms with van der Waals surface area (Å²) in [6.45, 7) is 0. The molecule has 0 aliphatic carbocycles. The second-order valence-electron chi connectivity index (χ2n) is 6.07. The fourth-order valence-corrected chi connectivity index (χ4v) is 3.99. The summed E-state index contributed by atoms with van der Waals surface area (Å²) in [5, 5.41) is 14.6. The molecule has 2 N–H and O–H groups in total. The normalized spacial score (nSPS) is 10.8. The van der Waals surface area contributed by atoms with E-state index in [-0.39, 0.29) is 0 Å². The zero-order chi connectivity index (χ0) is 18.1. The lowest BCUT2D eigenvalue weighted by Crippen LogP contribution is -1.94. The third kappa shape index (κ3) is 3.07. The Bertz CT molecular complexity index is 1100. The van der Waals surface area contributed by atoms with Gasteiger partial charge >= 0.3 is 5.97 Å². The van der Waals surface area contributed by atoms with E-state index in [1.54, 1.807) is 23.5 Å². The van der Waals surface area contributed by atoms with E-state index in [4.69, 9.17) is 5.11 Å². The van der Waals surface area contributed by atoms with Crippen LogP contribution in [0, 0.1) is 0 Å². The smallest absolute Gasteiger partial charge is 0.335 e. The summed E-state index contributed by atoms with van der Waals surface area (Å²) in [6.07, 6.45) is 0. The van der Waals surface area contributed by atoms with E-state index < -0.39 is 5.97 Å². The second-order valence-corrected chi connectivity index (χ2v) is 7.16. The topological polar surface area (TPSA) is 49.3 Å². The molecule has 128 valence electrons. The first-order chi connectivity index (χ1) is 12.6. The highest BCUT2D eigenvalue weighted by atomic mass is 32.1. The Labute approximate surface area is 155 Å². The van der Waals surface area contributed by atoms with E-state index >= 15 is 0 Å². The molecule has 0 spiro atoms. The van der Waals surface area contributed by atoms with Gasteiger partial charge in [-0.2, -0.15) is 0 Å². The maximum Gasteiger partial charge on any atom is 0.335 e. The molecule has 0 saturated carbocycles. The predicted octanol–water partition coefficient (Wildman–Crippen LogP) is 5.98. The number of aromatic carboxylic acids is 1. The number of thiophene rings is 1. The van der Waals surface area contributed by atoms with Crippen LogP contribution in [0.5, 0.6) is 0 Å². The van der Waals surface area contributed by atoms with E-state index in [2.05, 4.69) is 53.8 Å². The average Bonchev–Trinajstić information content (AvgIpc) is 3.17. The van der Waals surface area contributed by atoms with Crippen molar-refractivity contribution in [1.82, 2.24) is 0 Å². The summed E-state index contributed by atoms with van der Waals surface area (Å²) < 4.78 is 0. The van der Waals surface area contributed by atoms with Gasteiger partial charge in [0.1, 0.15) is 0 Å². The largest absolute Gasteiger partial charge is 0.478 e. The SMILES string of the molecule is CNc1ccc2cc(-c3ccc(-c4ccc(C(=O)O)cc4)s3)ccc2c1. The maximum atomic E-state index is 11.0. The molecule has 0 saturated heterocycles. The Hall–Kier alpha value is -3.11. The Balaban J connectivity index is 1.67. The maximum absolute atomic E-state index is 11.0. The first-order valence-corrected chi connectivity index (χ1v) is 9.11. The quantitative estimate of drug-likeness (QED) is 0.471. The van der Waals surface area contributed by atoms with Crippen molar-refractivity contribution in [2.24, 2.45) is 0 Å². The zero-order valence-electron chi connectivity index (χ0n) is 14.2. The number of benzene rings is 3. The number of anilines is 1. The van der Waals surface area contributed by atoms with Crippen LogP contribution < -0.4 is 5.32 Å². The fraction of sp³-hybridized carbons (Fsp3) is 0.0455. The van der Waals surface area contributed by atoms with Crippen molar-refractivity contribution >= 4 is 33.8 Å². The van der Waals surface area contributed by atoms with Crippen molar-refractivity contribution in [3.8, 4) is 20.9 Å². The van der Waals surface area contributed by atoms with Gasteiger partial charge in [0.25, 0.3) is 0 Å². The van der Waals surface area contributed by atoms with E-state index in [1.165, 1.54) is 21.2 Å². The van der Waals surface area contributed by atoms with Crippen LogP contribution in [0.25, 0.3) is 31.7 Å². The molecular weight excluding hydrogens is 342 g/mol. The van der Waals surface area contributed by atoms with Crippen molar-refractivity contribution in [2.75, 3.05) is 12.4 Å². The van der Waals surface area contributed by atoms with Crippen LogP contribution in [0.2, 0.25) is 0 Å². The van der Waals surface area contributed by atoms with E-state index in [1.807, 2.05) is 19.2 Å². The molecule has 1 heterocycles. The molecule has 4 rings (SSSR count). The number of hydrogen-bond donors (Lipinski definition) is 2. The van der Waals surface area contributed by atoms with Gasteiger partial charge in [-0.25, -0.2) is 4.79 Å². The fourth-order valence-electron chi connectivity index (χ4n) is 2.98. The Morgan fingerprint density at radius 2 is 1.42 bits per heavy atom. The lowest BCUT2D eigenvalue weighted by atomic mass is 10.1. The first kappa shape index (κ1) is 16.4. The molecule has 0 radical (unpaired) electrons. The molecule has 1 aromatic heterocycles. The van der Waals surface area contributed by atoms with Crippen molar-refractivity contribution in [3.05, 3.63) is 78.4 Å². The van der Waals surface area contributed by atoms with Crippen molar-refractivity contribution in [1.29, 1.82) is 0 Å².